The molecule has 0 amide bonds. The van der Waals surface area contributed by atoms with E-state index in [0.717, 1.165) is 128 Å². The molecule has 0 saturated heterocycles. The molecule has 0 aliphatic rings. The maximum atomic E-state index is 12.9. The first-order valence-corrected chi connectivity index (χ1v) is 34.0. The Labute approximate surface area is 511 Å². The van der Waals surface area contributed by atoms with Crippen molar-refractivity contribution in [1.82, 2.24) is 0 Å². The number of esters is 3. The van der Waals surface area contributed by atoms with Crippen LogP contribution in [0.5, 0.6) is 0 Å². The van der Waals surface area contributed by atoms with Crippen LogP contribution in [0.15, 0.2) is 158 Å². The second kappa shape index (κ2) is 69.5. The predicted molar refractivity (Wildman–Crippen MR) is 362 cm³/mol. The lowest BCUT2D eigenvalue weighted by molar-refractivity contribution is -0.167. The molecule has 0 aromatic heterocycles. The second-order valence-electron chi connectivity index (χ2n) is 22.0. The normalized spacial score (nSPS) is 13.1. The van der Waals surface area contributed by atoms with E-state index < -0.39 is 6.10 Å². The SMILES string of the molecule is CC/C=C\C/C=C\C/C=C\C/C=C\C/C=C\C/C=C\C/C=C\C/C=C\C/C=C\CCCC(=O)OCC(COC(=O)CCCCCCCCCCC)OC(=O)CCCCCCCCCCCCCCCC/C=C\C/C=C\C/C=C\C/C=C\CC. The van der Waals surface area contributed by atoms with Gasteiger partial charge >= 0.3 is 17.9 Å². The molecule has 0 N–H and O–H groups in total. The summed E-state index contributed by atoms with van der Waals surface area (Å²) in [6.07, 6.45) is 101. The van der Waals surface area contributed by atoms with Crippen molar-refractivity contribution in [2.45, 2.75) is 297 Å². The van der Waals surface area contributed by atoms with Crippen LogP contribution in [0.1, 0.15) is 290 Å². The van der Waals surface area contributed by atoms with Crippen LogP contribution in [0.2, 0.25) is 0 Å². The summed E-state index contributed by atoms with van der Waals surface area (Å²) in [5.74, 6) is -0.964. The number of hydrogen-bond acceptors (Lipinski definition) is 6. The highest BCUT2D eigenvalue weighted by Gasteiger charge is 2.19. The molecule has 1 unspecified atom stereocenters. The molecule has 0 aromatic rings. The van der Waals surface area contributed by atoms with Gasteiger partial charge in [0.2, 0.25) is 0 Å². The third kappa shape index (κ3) is 67.7. The average Bonchev–Trinajstić information content (AvgIpc) is 3.49. The minimum absolute atomic E-state index is 0.0991. The Morgan fingerprint density at radius 1 is 0.253 bits per heavy atom. The maximum absolute atomic E-state index is 12.9. The van der Waals surface area contributed by atoms with Crippen LogP contribution >= 0.6 is 0 Å². The summed E-state index contributed by atoms with van der Waals surface area (Å²) in [6.45, 7) is 6.35. The Morgan fingerprint density at radius 3 is 0.783 bits per heavy atom. The molecule has 6 heteroatoms. The number of carbonyl (C=O) groups is 3. The molecule has 0 spiro atoms. The zero-order chi connectivity index (χ0) is 59.9. The molecule has 6 nitrogen and oxygen atoms in total. The van der Waals surface area contributed by atoms with Crippen molar-refractivity contribution in [1.29, 1.82) is 0 Å². The molecule has 0 aliphatic heterocycles. The topological polar surface area (TPSA) is 78.9 Å². The third-order valence-electron chi connectivity index (χ3n) is 14.0. The van der Waals surface area contributed by atoms with Gasteiger partial charge in [-0.15, -0.1) is 0 Å². The van der Waals surface area contributed by atoms with Crippen molar-refractivity contribution in [3.8, 4) is 0 Å². The molecular formula is C77H124O6. The highest BCUT2D eigenvalue weighted by Crippen LogP contribution is 2.16. The van der Waals surface area contributed by atoms with Crippen molar-refractivity contribution >= 4 is 17.9 Å². The van der Waals surface area contributed by atoms with Crippen molar-refractivity contribution in [3.63, 3.8) is 0 Å². The zero-order valence-electron chi connectivity index (χ0n) is 53.7. The molecule has 0 heterocycles. The van der Waals surface area contributed by atoms with E-state index in [0.29, 0.717) is 19.3 Å². The van der Waals surface area contributed by atoms with Crippen molar-refractivity contribution < 1.29 is 28.6 Å². The van der Waals surface area contributed by atoms with E-state index >= 15 is 0 Å². The number of hydrogen-bond donors (Lipinski definition) is 0. The standard InChI is InChI=1S/C77H124O6/c1-4-7-10-13-16-19-21-23-25-27-29-31-33-35-37-38-40-41-43-45-47-49-51-53-55-58-61-64-67-70-76(79)82-73-74(72-81-75(78)69-66-63-60-57-18-15-12-9-6-3)83-77(80)71-68-65-62-59-56-54-52-50-48-46-44-42-39-36-34-32-30-28-26-24-22-20-17-14-11-8-5-2/h7-8,10-11,16-17,19-20,23-26,29-32,35,37,40-41,45,47,51,53,58,61,74H,4-6,9,12-15,18,21-22,27-28,33-34,36,38-39,42-44,46,48-50,52,54-57,59-60,62-73H2,1-3H3/b10-7-,11-8-,19-16-,20-17-,25-23-,26-24-,31-29-,32-30-,37-35-,41-40-,47-45-,53-51-,61-58-. The summed E-state index contributed by atoms with van der Waals surface area (Å²) in [6, 6.07) is 0. The van der Waals surface area contributed by atoms with E-state index in [4.69, 9.17) is 14.2 Å². The molecule has 0 saturated carbocycles. The minimum Gasteiger partial charge on any atom is -0.462 e. The van der Waals surface area contributed by atoms with Crippen LogP contribution < -0.4 is 0 Å². The van der Waals surface area contributed by atoms with Gasteiger partial charge in [0.25, 0.3) is 0 Å². The van der Waals surface area contributed by atoms with Crippen LogP contribution in [-0.2, 0) is 28.6 Å². The molecule has 0 aliphatic carbocycles. The summed E-state index contributed by atoms with van der Waals surface area (Å²) in [4.78, 5) is 38.2. The fourth-order valence-electron chi connectivity index (χ4n) is 9.02. The Kier molecular flexibility index (Phi) is 65.4. The van der Waals surface area contributed by atoms with Crippen LogP contribution in [0, 0.1) is 0 Å². The summed E-state index contributed by atoms with van der Waals surface area (Å²) in [7, 11) is 0. The molecule has 0 fully saturated rings. The molecule has 83 heavy (non-hydrogen) atoms. The molecule has 0 rings (SSSR count). The van der Waals surface area contributed by atoms with Gasteiger partial charge in [0, 0.05) is 19.3 Å². The van der Waals surface area contributed by atoms with E-state index in [1.165, 1.54) is 116 Å². The predicted octanol–water partition coefficient (Wildman–Crippen LogP) is 23.7. The lowest BCUT2D eigenvalue weighted by Gasteiger charge is -2.18. The van der Waals surface area contributed by atoms with Crippen molar-refractivity contribution in [2.24, 2.45) is 0 Å². The van der Waals surface area contributed by atoms with Gasteiger partial charge in [-0.05, 0) is 122 Å². The van der Waals surface area contributed by atoms with Gasteiger partial charge in [-0.1, -0.05) is 307 Å². The summed E-state index contributed by atoms with van der Waals surface area (Å²) in [5, 5.41) is 0. The summed E-state index contributed by atoms with van der Waals surface area (Å²) < 4.78 is 16.9. The first kappa shape index (κ1) is 78.0. The average molecular weight is 1150 g/mol. The van der Waals surface area contributed by atoms with E-state index in [2.05, 4.69) is 179 Å². The zero-order valence-corrected chi connectivity index (χ0v) is 53.7. The van der Waals surface area contributed by atoms with Crippen molar-refractivity contribution in [3.05, 3.63) is 158 Å². The summed E-state index contributed by atoms with van der Waals surface area (Å²) in [5.41, 5.74) is 0. The number of allylic oxidation sites excluding steroid dienone is 26. The number of carbonyl (C=O) groups excluding carboxylic acids is 3. The highest BCUT2D eigenvalue weighted by molar-refractivity contribution is 5.71. The smallest absolute Gasteiger partial charge is 0.306 e. The van der Waals surface area contributed by atoms with Gasteiger partial charge in [0.15, 0.2) is 6.10 Å². The Hall–Kier alpha value is -4.97. The van der Waals surface area contributed by atoms with Gasteiger partial charge in [0.1, 0.15) is 13.2 Å². The van der Waals surface area contributed by atoms with Gasteiger partial charge in [-0.25, -0.2) is 0 Å². The lowest BCUT2D eigenvalue weighted by Crippen LogP contribution is -2.30. The first-order chi connectivity index (χ1) is 41.0. The molecule has 0 aromatic carbocycles. The first-order valence-electron chi connectivity index (χ1n) is 34.0. The highest BCUT2D eigenvalue weighted by atomic mass is 16.6. The molecular weight excluding hydrogens is 1020 g/mol. The quantitative estimate of drug-likeness (QED) is 0.0261. The van der Waals surface area contributed by atoms with Crippen LogP contribution in [0.3, 0.4) is 0 Å². The monoisotopic (exact) mass is 1140 g/mol. The van der Waals surface area contributed by atoms with Crippen LogP contribution in [0.4, 0.5) is 0 Å². The van der Waals surface area contributed by atoms with Gasteiger partial charge in [-0.3, -0.25) is 14.4 Å². The fourth-order valence-corrected chi connectivity index (χ4v) is 9.02. The van der Waals surface area contributed by atoms with E-state index in [9.17, 15) is 14.4 Å². The Morgan fingerprint density at radius 2 is 0.482 bits per heavy atom. The number of ether oxygens (including phenoxy) is 3. The fraction of sp³-hybridized carbons (Fsp3) is 0.623. The largest absolute Gasteiger partial charge is 0.462 e. The number of rotatable bonds is 60. The molecule has 468 valence electrons. The summed E-state index contributed by atoms with van der Waals surface area (Å²) >= 11 is 0. The second-order valence-corrected chi connectivity index (χ2v) is 22.0. The van der Waals surface area contributed by atoms with Gasteiger partial charge in [-0.2, -0.15) is 0 Å². The van der Waals surface area contributed by atoms with Crippen molar-refractivity contribution in [2.75, 3.05) is 13.2 Å². The van der Waals surface area contributed by atoms with Crippen LogP contribution in [-0.4, -0.2) is 37.2 Å². The van der Waals surface area contributed by atoms with E-state index in [-0.39, 0.29) is 37.5 Å². The maximum Gasteiger partial charge on any atom is 0.306 e. The Bertz CT molecular complexity index is 1840. The Balaban J connectivity index is 4.31. The number of unbranched alkanes of at least 4 members (excludes halogenated alkanes) is 23. The molecule has 0 bridgehead atoms. The van der Waals surface area contributed by atoms with Gasteiger partial charge < -0.3 is 14.2 Å². The molecule has 1 atom stereocenters. The van der Waals surface area contributed by atoms with Crippen LogP contribution in [0.25, 0.3) is 0 Å². The third-order valence-corrected chi connectivity index (χ3v) is 14.0. The molecule has 0 radical (unpaired) electrons. The lowest BCUT2D eigenvalue weighted by atomic mass is 10.0. The van der Waals surface area contributed by atoms with E-state index in [1.807, 2.05) is 0 Å². The van der Waals surface area contributed by atoms with Gasteiger partial charge in [0.05, 0.1) is 0 Å². The minimum atomic E-state index is -0.807. The van der Waals surface area contributed by atoms with E-state index in [1.54, 1.807) is 0 Å².